The second-order valence-electron chi connectivity index (χ2n) is 6.32. The molecular weight excluding hydrogens is 314 g/mol. The molecule has 1 aromatic heterocycles. The van der Waals surface area contributed by atoms with Crippen molar-refractivity contribution in [2.75, 3.05) is 23.8 Å². The third kappa shape index (κ3) is 5.78. The number of hydrogen-bond donors (Lipinski definition) is 1. The molecule has 0 spiro atoms. The zero-order valence-corrected chi connectivity index (χ0v) is 15.5. The Bertz CT molecular complexity index is 666. The second-order valence-corrected chi connectivity index (χ2v) is 6.32. The van der Waals surface area contributed by atoms with E-state index >= 15 is 0 Å². The number of hydrogen-bond acceptors (Lipinski definition) is 4. The van der Waals surface area contributed by atoms with Crippen molar-refractivity contribution in [2.24, 2.45) is 0 Å². The van der Waals surface area contributed by atoms with E-state index < -0.39 is 0 Å². The van der Waals surface area contributed by atoms with Gasteiger partial charge in [-0.25, -0.2) is 4.98 Å². The summed E-state index contributed by atoms with van der Waals surface area (Å²) in [6, 6.07) is 11.0. The fourth-order valence-corrected chi connectivity index (χ4v) is 2.35. The van der Waals surface area contributed by atoms with Crippen LogP contribution in [0.4, 0.5) is 11.4 Å². The minimum Gasteiger partial charge on any atom is -0.491 e. The van der Waals surface area contributed by atoms with E-state index in [1.165, 1.54) is 0 Å². The van der Waals surface area contributed by atoms with Crippen LogP contribution in [-0.2, 0) is 0 Å². The van der Waals surface area contributed by atoms with Crippen LogP contribution in [0.3, 0.4) is 0 Å². The lowest BCUT2D eigenvalue weighted by Gasteiger charge is -2.18. The van der Waals surface area contributed by atoms with E-state index in [0.29, 0.717) is 11.4 Å². The monoisotopic (exact) mass is 341 g/mol. The van der Waals surface area contributed by atoms with Crippen LogP contribution < -0.4 is 15.0 Å². The fourth-order valence-electron chi connectivity index (χ4n) is 2.35. The van der Waals surface area contributed by atoms with E-state index in [-0.39, 0.29) is 12.0 Å². The predicted molar refractivity (Wildman–Crippen MR) is 103 cm³/mol. The normalized spacial score (nSPS) is 10.6. The Labute approximate surface area is 150 Å². The maximum Gasteiger partial charge on any atom is 0.274 e. The SMILES string of the molecule is CCCCN(C)c1ccc(C(=O)Nc2ccc(OC(C)C)cc2)nc1. The highest BCUT2D eigenvalue weighted by Gasteiger charge is 2.09. The summed E-state index contributed by atoms with van der Waals surface area (Å²) in [5.74, 6) is 0.561. The quantitative estimate of drug-likeness (QED) is 0.775. The Morgan fingerprint density at radius 3 is 2.48 bits per heavy atom. The van der Waals surface area contributed by atoms with Gasteiger partial charge in [0.25, 0.3) is 5.91 Å². The number of ether oxygens (including phenoxy) is 1. The first-order chi connectivity index (χ1) is 12.0. The third-order valence-electron chi connectivity index (χ3n) is 3.75. The fraction of sp³-hybridized carbons (Fsp3) is 0.400. The number of aromatic nitrogens is 1. The van der Waals surface area contributed by atoms with Crippen molar-refractivity contribution in [1.82, 2.24) is 4.98 Å². The third-order valence-corrected chi connectivity index (χ3v) is 3.75. The summed E-state index contributed by atoms with van der Waals surface area (Å²) >= 11 is 0. The van der Waals surface area contributed by atoms with Gasteiger partial charge in [0.1, 0.15) is 11.4 Å². The molecule has 1 amide bonds. The van der Waals surface area contributed by atoms with Crippen LogP contribution in [0.25, 0.3) is 0 Å². The van der Waals surface area contributed by atoms with Crippen molar-refractivity contribution in [3.63, 3.8) is 0 Å². The van der Waals surface area contributed by atoms with Gasteiger partial charge >= 0.3 is 0 Å². The Morgan fingerprint density at radius 1 is 1.20 bits per heavy atom. The van der Waals surface area contributed by atoms with Crippen LogP contribution in [0.5, 0.6) is 5.75 Å². The molecule has 0 saturated carbocycles. The van der Waals surface area contributed by atoms with E-state index in [1.54, 1.807) is 12.3 Å². The number of nitrogens with zero attached hydrogens (tertiary/aromatic N) is 2. The zero-order chi connectivity index (χ0) is 18.2. The van der Waals surface area contributed by atoms with Crippen molar-refractivity contribution in [2.45, 2.75) is 39.7 Å². The van der Waals surface area contributed by atoms with Gasteiger partial charge in [0.05, 0.1) is 18.0 Å². The molecule has 0 fully saturated rings. The molecule has 134 valence electrons. The standard InChI is InChI=1S/C20H27N3O2/c1-5-6-13-23(4)17-9-12-19(21-14-17)20(24)22-16-7-10-18(11-8-16)25-15(2)3/h7-12,14-15H,5-6,13H2,1-4H3,(H,22,24). The van der Waals surface area contributed by atoms with Crippen molar-refractivity contribution < 1.29 is 9.53 Å². The number of carbonyl (C=O) groups excluding carboxylic acids is 1. The zero-order valence-electron chi connectivity index (χ0n) is 15.5. The van der Waals surface area contributed by atoms with Gasteiger partial charge < -0.3 is 15.0 Å². The number of benzene rings is 1. The molecule has 2 aromatic rings. The maximum absolute atomic E-state index is 12.3. The molecule has 0 aliphatic carbocycles. The topological polar surface area (TPSA) is 54.5 Å². The molecule has 0 radical (unpaired) electrons. The maximum atomic E-state index is 12.3. The van der Waals surface area contributed by atoms with Gasteiger partial charge in [-0.3, -0.25) is 4.79 Å². The summed E-state index contributed by atoms with van der Waals surface area (Å²) in [7, 11) is 2.03. The van der Waals surface area contributed by atoms with Crippen LogP contribution in [0.2, 0.25) is 0 Å². The number of amides is 1. The van der Waals surface area contributed by atoms with Crippen molar-refractivity contribution in [3.05, 3.63) is 48.3 Å². The number of anilines is 2. The number of rotatable bonds is 8. The summed E-state index contributed by atoms with van der Waals surface area (Å²) in [6.45, 7) is 7.10. The van der Waals surface area contributed by atoms with Gasteiger partial charge in [0.15, 0.2) is 0 Å². The molecule has 0 unspecified atom stereocenters. The minimum atomic E-state index is -0.222. The molecule has 1 heterocycles. The number of nitrogens with one attached hydrogen (secondary N) is 1. The molecule has 0 bridgehead atoms. The van der Waals surface area contributed by atoms with Crippen molar-refractivity contribution in [3.8, 4) is 5.75 Å². The average Bonchev–Trinajstić information content (AvgIpc) is 2.61. The molecule has 0 aliphatic heterocycles. The average molecular weight is 341 g/mol. The smallest absolute Gasteiger partial charge is 0.274 e. The molecular formula is C20H27N3O2. The summed E-state index contributed by atoms with van der Waals surface area (Å²) in [6.07, 6.45) is 4.15. The Morgan fingerprint density at radius 2 is 1.92 bits per heavy atom. The van der Waals surface area contributed by atoms with Crippen molar-refractivity contribution in [1.29, 1.82) is 0 Å². The van der Waals surface area contributed by atoms with E-state index in [2.05, 4.69) is 22.1 Å². The van der Waals surface area contributed by atoms with Crippen LogP contribution >= 0.6 is 0 Å². The Kier molecular flexibility index (Phi) is 6.81. The molecule has 0 aliphatic rings. The molecule has 1 N–H and O–H groups in total. The molecule has 0 atom stereocenters. The summed E-state index contributed by atoms with van der Waals surface area (Å²) in [5.41, 5.74) is 2.13. The van der Waals surface area contributed by atoms with Gasteiger partial charge in [0, 0.05) is 19.3 Å². The Balaban J connectivity index is 1.96. The number of unbranched alkanes of at least 4 members (excludes halogenated alkanes) is 1. The van der Waals surface area contributed by atoms with Crippen molar-refractivity contribution >= 4 is 17.3 Å². The van der Waals surface area contributed by atoms with Gasteiger partial charge in [0.2, 0.25) is 0 Å². The minimum absolute atomic E-state index is 0.124. The molecule has 5 heteroatoms. The van der Waals surface area contributed by atoms with E-state index in [9.17, 15) is 4.79 Å². The van der Waals surface area contributed by atoms with Crippen LogP contribution in [-0.4, -0.2) is 30.6 Å². The van der Waals surface area contributed by atoms with Gasteiger partial charge in [-0.15, -0.1) is 0 Å². The highest BCUT2D eigenvalue weighted by molar-refractivity contribution is 6.02. The molecule has 25 heavy (non-hydrogen) atoms. The highest BCUT2D eigenvalue weighted by atomic mass is 16.5. The molecule has 5 nitrogen and oxygen atoms in total. The highest BCUT2D eigenvalue weighted by Crippen LogP contribution is 2.18. The predicted octanol–water partition coefficient (Wildman–Crippen LogP) is 4.36. The molecule has 2 rings (SSSR count). The summed E-state index contributed by atoms with van der Waals surface area (Å²) in [5, 5.41) is 2.85. The second kappa shape index (κ2) is 9.06. The van der Waals surface area contributed by atoms with E-state index in [1.807, 2.05) is 51.2 Å². The first-order valence-electron chi connectivity index (χ1n) is 8.75. The van der Waals surface area contributed by atoms with Crippen LogP contribution in [0.1, 0.15) is 44.1 Å². The summed E-state index contributed by atoms with van der Waals surface area (Å²) < 4.78 is 5.59. The lowest BCUT2D eigenvalue weighted by atomic mass is 10.2. The van der Waals surface area contributed by atoms with Gasteiger partial charge in [-0.2, -0.15) is 0 Å². The lowest BCUT2D eigenvalue weighted by Crippen LogP contribution is -2.19. The van der Waals surface area contributed by atoms with Gasteiger partial charge in [-0.1, -0.05) is 13.3 Å². The molecule has 0 saturated heterocycles. The number of pyridine rings is 1. The first kappa shape index (κ1) is 18.8. The largest absolute Gasteiger partial charge is 0.491 e. The lowest BCUT2D eigenvalue weighted by molar-refractivity contribution is 0.102. The van der Waals surface area contributed by atoms with E-state index in [0.717, 1.165) is 30.8 Å². The van der Waals surface area contributed by atoms with Crippen LogP contribution in [0, 0.1) is 0 Å². The van der Waals surface area contributed by atoms with Crippen LogP contribution in [0.15, 0.2) is 42.6 Å². The molecule has 1 aromatic carbocycles. The first-order valence-corrected chi connectivity index (χ1v) is 8.75. The Hall–Kier alpha value is -2.56. The summed E-state index contributed by atoms with van der Waals surface area (Å²) in [4.78, 5) is 18.7. The number of carbonyl (C=O) groups is 1. The van der Waals surface area contributed by atoms with E-state index in [4.69, 9.17) is 4.74 Å². The van der Waals surface area contributed by atoms with Gasteiger partial charge in [-0.05, 0) is 56.7 Å².